The Balaban J connectivity index is 2.08. The van der Waals surface area contributed by atoms with Gasteiger partial charge in [-0.1, -0.05) is 48.5 Å². The number of nitrogens with zero attached hydrogens (tertiary/aromatic N) is 1. The van der Waals surface area contributed by atoms with Crippen molar-refractivity contribution in [3.63, 3.8) is 0 Å². The van der Waals surface area contributed by atoms with Gasteiger partial charge in [-0.25, -0.2) is 4.79 Å². The van der Waals surface area contributed by atoms with Crippen LogP contribution in [0.3, 0.4) is 0 Å². The van der Waals surface area contributed by atoms with E-state index in [1.54, 1.807) is 30.3 Å². The fraction of sp³-hybridized carbons (Fsp3) is 0. The highest BCUT2D eigenvalue weighted by atomic mass is 16.6. The van der Waals surface area contributed by atoms with Crippen molar-refractivity contribution in [1.29, 1.82) is 0 Å². The predicted octanol–water partition coefficient (Wildman–Crippen LogP) is 4.70. The maximum Gasteiger partial charge on any atom is 0.337 e. The van der Waals surface area contributed by atoms with E-state index >= 15 is 0 Å². The molecule has 0 aliphatic rings. The van der Waals surface area contributed by atoms with Crippen molar-refractivity contribution in [2.45, 2.75) is 0 Å². The molecule has 0 bridgehead atoms. The minimum atomic E-state index is -1.11. The van der Waals surface area contributed by atoms with Crippen molar-refractivity contribution in [1.82, 2.24) is 0 Å². The fourth-order valence-corrected chi connectivity index (χ4v) is 2.53. The van der Waals surface area contributed by atoms with Gasteiger partial charge < -0.3 is 10.4 Å². The summed E-state index contributed by atoms with van der Waals surface area (Å²) in [5.41, 5.74) is 2.18. The van der Waals surface area contributed by atoms with Crippen LogP contribution in [-0.4, -0.2) is 16.0 Å². The summed E-state index contributed by atoms with van der Waals surface area (Å²) in [6.45, 7) is 0. The number of nitrogens with one attached hydrogen (secondary N) is 1. The van der Waals surface area contributed by atoms with Gasteiger partial charge in [0.15, 0.2) is 0 Å². The standard InChI is InChI=1S/C19H14N2O4/c22-19(23)15-11-10-14(13-6-2-1-3-7-13)12-17(15)20-16-8-4-5-9-18(16)21(24)25/h1-12,20H,(H,22,23). The maximum atomic E-state index is 11.5. The Hall–Kier alpha value is -3.67. The molecule has 0 heterocycles. The normalized spacial score (nSPS) is 10.2. The molecule has 0 fully saturated rings. The number of para-hydroxylation sites is 2. The Morgan fingerprint density at radius 3 is 2.24 bits per heavy atom. The van der Waals surface area contributed by atoms with Crippen LogP contribution >= 0.6 is 0 Å². The van der Waals surface area contributed by atoms with Gasteiger partial charge >= 0.3 is 5.97 Å². The number of nitro groups is 1. The van der Waals surface area contributed by atoms with Crippen LogP contribution in [0.1, 0.15) is 10.4 Å². The first-order chi connectivity index (χ1) is 12.1. The van der Waals surface area contributed by atoms with Crippen LogP contribution in [-0.2, 0) is 0 Å². The predicted molar refractivity (Wildman–Crippen MR) is 95.2 cm³/mol. The third-order valence-corrected chi connectivity index (χ3v) is 3.73. The number of rotatable bonds is 5. The Morgan fingerprint density at radius 1 is 0.880 bits per heavy atom. The molecular formula is C19H14N2O4. The van der Waals surface area contributed by atoms with Gasteiger partial charge in [-0.2, -0.15) is 0 Å². The number of hydrogen-bond acceptors (Lipinski definition) is 4. The summed E-state index contributed by atoms with van der Waals surface area (Å²) in [5.74, 6) is -1.11. The van der Waals surface area contributed by atoms with Crippen molar-refractivity contribution < 1.29 is 14.8 Å². The van der Waals surface area contributed by atoms with E-state index in [4.69, 9.17) is 0 Å². The molecule has 3 rings (SSSR count). The largest absolute Gasteiger partial charge is 0.478 e. The fourth-order valence-electron chi connectivity index (χ4n) is 2.53. The molecule has 25 heavy (non-hydrogen) atoms. The van der Waals surface area contributed by atoms with E-state index in [1.807, 2.05) is 30.3 Å². The molecule has 6 heteroatoms. The van der Waals surface area contributed by atoms with Gasteiger partial charge in [-0.05, 0) is 29.3 Å². The quantitative estimate of drug-likeness (QED) is 0.521. The second kappa shape index (κ2) is 6.84. The minimum Gasteiger partial charge on any atom is -0.478 e. The molecule has 0 amide bonds. The number of carboxylic acid groups (broad SMARTS) is 1. The third-order valence-electron chi connectivity index (χ3n) is 3.73. The zero-order valence-electron chi connectivity index (χ0n) is 13.0. The van der Waals surface area contributed by atoms with E-state index in [0.717, 1.165) is 11.1 Å². The van der Waals surface area contributed by atoms with Gasteiger partial charge in [-0.3, -0.25) is 10.1 Å². The molecule has 0 aromatic heterocycles. The Bertz CT molecular complexity index is 939. The molecule has 0 aliphatic heterocycles. The highest BCUT2D eigenvalue weighted by Gasteiger charge is 2.17. The number of benzene rings is 3. The highest BCUT2D eigenvalue weighted by molar-refractivity contribution is 5.97. The van der Waals surface area contributed by atoms with Crippen LogP contribution in [0.15, 0.2) is 72.8 Å². The second-order valence-electron chi connectivity index (χ2n) is 5.33. The summed E-state index contributed by atoms with van der Waals surface area (Å²) in [4.78, 5) is 22.2. The van der Waals surface area contributed by atoms with Crippen LogP contribution in [0.5, 0.6) is 0 Å². The average molecular weight is 334 g/mol. The average Bonchev–Trinajstić information content (AvgIpc) is 2.62. The Labute approximate surface area is 143 Å². The van der Waals surface area contributed by atoms with E-state index in [0.29, 0.717) is 5.69 Å². The molecule has 3 aromatic carbocycles. The lowest BCUT2D eigenvalue weighted by Gasteiger charge is -2.12. The van der Waals surface area contributed by atoms with Gasteiger partial charge in [0.1, 0.15) is 5.69 Å². The molecule has 6 nitrogen and oxygen atoms in total. The van der Waals surface area contributed by atoms with E-state index in [9.17, 15) is 20.0 Å². The molecule has 0 radical (unpaired) electrons. The van der Waals surface area contributed by atoms with Crippen LogP contribution in [0, 0.1) is 10.1 Å². The smallest absolute Gasteiger partial charge is 0.337 e. The van der Waals surface area contributed by atoms with Crippen LogP contribution in [0.4, 0.5) is 17.1 Å². The SMILES string of the molecule is O=C(O)c1ccc(-c2ccccc2)cc1Nc1ccccc1[N+](=O)[O-]. The summed E-state index contributed by atoms with van der Waals surface area (Å²) < 4.78 is 0. The molecule has 0 unspecified atom stereocenters. The Morgan fingerprint density at radius 2 is 1.56 bits per heavy atom. The van der Waals surface area contributed by atoms with Crippen molar-refractivity contribution in [3.05, 3.63) is 88.5 Å². The molecule has 3 aromatic rings. The highest BCUT2D eigenvalue weighted by Crippen LogP contribution is 2.31. The molecule has 0 spiro atoms. The first-order valence-electron chi connectivity index (χ1n) is 7.49. The summed E-state index contributed by atoms with van der Waals surface area (Å²) in [5, 5.41) is 23.5. The lowest BCUT2D eigenvalue weighted by molar-refractivity contribution is -0.383. The molecular weight excluding hydrogens is 320 g/mol. The van der Waals surface area contributed by atoms with Crippen molar-refractivity contribution in [2.24, 2.45) is 0 Å². The number of anilines is 2. The minimum absolute atomic E-state index is 0.0397. The molecule has 0 saturated heterocycles. The van der Waals surface area contributed by atoms with Gasteiger partial charge in [-0.15, -0.1) is 0 Å². The number of aromatic carboxylic acids is 1. The number of nitro benzene ring substituents is 1. The molecule has 0 aliphatic carbocycles. The topological polar surface area (TPSA) is 92.5 Å². The van der Waals surface area contributed by atoms with Crippen LogP contribution < -0.4 is 5.32 Å². The first kappa shape index (κ1) is 16.2. The number of hydrogen-bond donors (Lipinski definition) is 2. The van der Waals surface area contributed by atoms with E-state index < -0.39 is 10.9 Å². The monoisotopic (exact) mass is 334 g/mol. The maximum absolute atomic E-state index is 11.5. The summed E-state index contributed by atoms with van der Waals surface area (Å²) in [6.07, 6.45) is 0. The van der Waals surface area contributed by atoms with Crippen molar-refractivity contribution in [3.8, 4) is 11.1 Å². The second-order valence-corrected chi connectivity index (χ2v) is 5.33. The van der Waals surface area contributed by atoms with Gasteiger partial charge in [0, 0.05) is 6.07 Å². The lowest BCUT2D eigenvalue weighted by atomic mass is 10.0. The van der Waals surface area contributed by atoms with Crippen LogP contribution in [0.2, 0.25) is 0 Å². The van der Waals surface area contributed by atoms with Gasteiger partial charge in [0.2, 0.25) is 0 Å². The lowest BCUT2D eigenvalue weighted by Crippen LogP contribution is -2.04. The van der Waals surface area contributed by atoms with E-state index in [1.165, 1.54) is 12.1 Å². The van der Waals surface area contributed by atoms with Gasteiger partial charge in [0.25, 0.3) is 5.69 Å². The van der Waals surface area contributed by atoms with E-state index in [2.05, 4.69) is 5.32 Å². The first-order valence-corrected chi connectivity index (χ1v) is 7.49. The summed E-state index contributed by atoms with van der Waals surface area (Å²) in [6, 6.07) is 20.5. The third kappa shape index (κ3) is 3.48. The molecule has 0 saturated carbocycles. The Kier molecular flexibility index (Phi) is 4.43. The van der Waals surface area contributed by atoms with Crippen molar-refractivity contribution in [2.75, 3.05) is 5.32 Å². The van der Waals surface area contributed by atoms with Gasteiger partial charge in [0.05, 0.1) is 16.2 Å². The number of carboxylic acids is 1. The molecule has 2 N–H and O–H groups in total. The zero-order chi connectivity index (χ0) is 17.8. The zero-order valence-corrected chi connectivity index (χ0v) is 13.0. The molecule has 0 atom stereocenters. The van der Waals surface area contributed by atoms with Crippen molar-refractivity contribution >= 4 is 23.0 Å². The van der Waals surface area contributed by atoms with E-state index in [-0.39, 0.29) is 16.9 Å². The number of carbonyl (C=O) groups is 1. The summed E-state index contributed by atoms with van der Waals surface area (Å²) >= 11 is 0. The summed E-state index contributed by atoms with van der Waals surface area (Å²) in [7, 11) is 0. The molecule has 124 valence electrons. The van der Waals surface area contributed by atoms with Crippen LogP contribution in [0.25, 0.3) is 11.1 Å².